The second-order valence-corrected chi connectivity index (χ2v) is 7.72. The average Bonchev–Trinajstić information content (AvgIpc) is 3.19. The lowest BCUT2D eigenvalue weighted by atomic mass is 10.2. The van der Waals surface area contributed by atoms with E-state index in [9.17, 15) is 9.90 Å². The van der Waals surface area contributed by atoms with Crippen molar-refractivity contribution in [3.05, 3.63) is 76.8 Å². The van der Waals surface area contributed by atoms with Gasteiger partial charge >= 0.3 is 5.97 Å². The van der Waals surface area contributed by atoms with Crippen LogP contribution in [-0.4, -0.2) is 28.9 Å². The molecule has 0 spiro atoms. The molecule has 0 saturated heterocycles. The van der Waals surface area contributed by atoms with Crippen LogP contribution in [-0.2, 0) is 22.0 Å². The fraction of sp³-hybridized carbons (Fsp3) is 0.150. The monoisotopic (exact) mass is 414 g/mol. The first kappa shape index (κ1) is 19.9. The molecule has 3 rings (SSSR count). The normalized spacial score (nSPS) is 11.2. The van der Waals surface area contributed by atoms with E-state index in [2.05, 4.69) is 10.1 Å². The molecule has 0 bridgehead atoms. The first-order chi connectivity index (χ1) is 13.7. The van der Waals surface area contributed by atoms with E-state index < -0.39 is 5.97 Å². The summed E-state index contributed by atoms with van der Waals surface area (Å²) in [5.74, 6) is 0.356. The van der Waals surface area contributed by atoms with Crippen LogP contribution in [0.5, 0.6) is 5.75 Å². The number of rotatable bonds is 9. The Morgan fingerprint density at radius 3 is 2.57 bits per heavy atom. The Morgan fingerprint density at radius 1 is 1.14 bits per heavy atom. The van der Waals surface area contributed by atoms with Crippen LogP contribution in [0.15, 0.2) is 69.5 Å². The Morgan fingerprint density at radius 2 is 1.89 bits per heavy atom. The first-order valence-electron chi connectivity index (χ1n) is 8.34. The van der Waals surface area contributed by atoms with Gasteiger partial charge in [-0.2, -0.15) is 0 Å². The number of carboxylic acids is 1. The lowest BCUT2D eigenvalue weighted by Crippen LogP contribution is -2.15. The molecule has 1 N–H and O–H groups in total. The molecule has 1 heterocycles. The Labute approximate surface area is 170 Å². The lowest BCUT2D eigenvalue weighted by Gasteiger charge is -2.02. The average molecular weight is 415 g/mol. The third-order valence-corrected chi connectivity index (χ3v) is 5.77. The zero-order chi connectivity index (χ0) is 19.8. The minimum atomic E-state index is -1.18. The molecule has 2 aromatic carbocycles. The molecule has 0 aliphatic carbocycles. The number of oxime groups is 1. The van der Waals surface area contributed by atoms with Gasteiger partial charge in [-0.05, 0) is 23.3 Å². The van der Waals surface area contributed by atoms with Crippen molar-refractivity contribution in [2.24, 2.45) is 5.16 Å². The van der Waals surface area contributed by atoms with Gasteiger partial charge in [0, 0.05) is 11.1 Å². The maximum atomic E-state index is 11.5. The minimum Gasteiger partial charge on any atom is -0.497 e. The van der Waals surface area contributed by atoms with Gasteiger partial charge in [0.15, 0.2) is 4.34 Å². The molecule has 8 heteroatoms. The molecule has 1 aromatic heterocycles. The Hall–Kier alpha value is -2.84. The summed E-state index contributed by atoms with van der Waals surface area (Å²) in [5.41, 5.74) is 2.12. The first-order valence-corrected chi connectivity index (χ1v) is 10.2. The van der Waals surface area contributed by atoms with Crippen LogP contribution in [0, 0.1) is 0 Å². The van der Waals surface area contributed by atoms with Gasteiger partial charge in [0.05, 0.1) is 7.11 Å². The molecule has 0 unspecified atom stereocenters. The third kappa shape index (κ3) is 5.58. The van der Waals surface area contributed by atoms with Crippen LogP contribution in [0.1, 0.15) is 16.8 Å². The lowest BCUT2D eigenvalue weighted by molar-refractivity contribution is -0.129. The zero-order valence-corrected chi connectivity index (χ0v) is 16.7. The molecule has 0 fully saturated rings. The van der Waals surface area contributed by atoms with Crippen LogP contribution < -0.4 is 4.74 Å². The number of benzene rings is 2. The molecule has 0 aliphatic heterocycles. The van der Waals surface area contributed by atoms with Crippen molar-refractivity contribution in [3.8, 4) is 5.75 Å². The molecular weight excluding hydrogens is 396 g/mol. The number of nitrogens with zero attached hydrogens (tertiary/aromatic N) is 2. The number of ether oxygens (including phenoxy) is 1. The molecule has 6 nitrogen and oxygen atoms in total. The molecule has 0 saturated carbocycles. The van der Waals surface area contributed by atoms with Gasteiger partial charge in [0.2, 0.25) is 5.71 Å². The van der Waals surface area contributed by atoms with E-state index in [1.807, 2.05) is 54.6 Å². The maximum absolute atomic E-state index is 11.5. The van der Waals surface area contributed by atoms with Crippen molar-refractivity contribution >= 4 is 34.8 Å². The van der Waals surface area contributed by atoms with E-state index in [1.165, 1.54) is 23.1 Å². The highest BCUT2D eigenvalue weighted by Crippen LogP contribution is 2.27. The van der Waals surface area contributed by atoms with E-state index in [-0.39, 0.29) is 12.3 Å². The number of thioether (sulfide) groups is 1. The predicted octanol–water partition coefficient (Wildman–Crippen LogP) is 4.45. The van der Waals surface area contributed by atoms with Crippen LogP contribution in [0.25, 0.3) is 0 Å². The molecule has 144 valence electrons. The molecular formula is C20H18N2O4S2. The molecule has 0 aliphatic rings. The number of methoxy groups -OCH3 is 1. The molecule has 0 atom stereocenters. The highest BCUT2D eigenvalue weighted by atomic mass is 32.2. The van der Waals surface area contributed by atoms with E-state index in [0.717, 1.165) is 27.0 Å². The Balaban J connectivity index is 1.61. The van der Waals surface area contributed by atoms with Crippen molar-refractivity contribution in [1.82, 2.24) is 4.98 Å². The Kier molecular flexibility index (Phi) is 7.05. The second-order valence-electron chi connectivity index (χ2n) is 5.64. The standard InChI is InChI=1S/C20H18N2O4S2/c1-25-16-9-7-15(8-10-16)12-27-20-21-17(13-28-20)18(19(23)24)22-26-11-14-5-3-2-4-6-14/h2-10,13H,11-12H2,1H3,(H,23,24)/b22-18-. The predicted molar refractivity (Wildman–Crippen MR) is 110 cm³/mol. The van der Waals surface area contributed by atoms with Gasteiger partial charge in [-0.25, -0.2) is 9.78 Å². The topological polar surface area (TPSA) is 81.0 Å². The quantitative estimate of drug-likeness (QED) is 0.317. The van der Waals surface area contributed by atoms with E-state index >= 15 is 0 Å². The number of thiazole rings is 1. The summed E-state index contributed by atoms with van der Waals surface area (Å²) in [6, 6.07) is 17.2. The minimum absolute atomic E-state index is 0.195. The molecule has 0 radical (unpaired) electrons. The van der Waals surface area contributed by atoms with E-state index in [0.29, 0.717) is 5.69 Å². The van der Waals surface area contributed by atoms with Crippen LogP contribution in [0.4, 0.5) is 0 Å². The summed E-state index contributed by atoms with van der Waals surface area (Å²) in [6.07, 6.45) is 0. The summed E-state index contributed by atoms with van der Waals surface area (Å²) >= 11 is 2.91. The van der Waals surface area contributed by atoms with Gasteiger partial charge in [-0.3, -0.25) is 0 Å². The van der Waals surface area contributed by atoms with Crippen LogP contribution in [0.2, 0.25) is 0 Å². The summed E-state index contributed by atoms with van der Waals surface area (Å²) in [5, 5.41) is 14.9. The maximum Gasteiger partial charge on any atom is 0.360 e. The van der Waals surface area contributed by atoms with E-state index in [4.69, 9.17) is 9.57 Å². The highest BCUT2D eigenvalue weighted by molar-refractivity contribution is 8.00. The fourth-order valence-electron chi connectivity index (χ4n) is 2.24. The van der Waals surface area contributed by atoms with E-state index in [1.54, 1.807) is 12.5 Å². The zero-order valence-electron chi connectivity index (χ0n) is 15.1. The number of carboxylic acid groups (broad SMARTS) is 1. The summed E-state index contributed by atoms with van der Waals surface area (Å²) in [4.78, 5) is 21.1. The number of carbonyl (C=O) groups is 1. The van der Waals surface area contributed by atoms with Gasteiger partial charge < -0.3 is 14.7 Å². The summed E-state index contributed by atoms with van der Waals surface area (Å²) in [6.45, 7) is 0.195. The van der Waals surface area contributed by atoms with Crippen molar-refractivity contribution in [3.63, 3.8) is 0 Å². The number of aromatic nitrogens is 1. The smallest absolute Gasteiger partial charge is 0.360 e. The van der Waals surface area contributed by atoms with Crippen LogP contribution in [0.3, 0.4) is 0 Å². The fourth-order valence-corrected chi connectivity index (χ4v) is 4.01. The van der Waals surface area contributed by atoms with Gasteiger partial charge in [0.25, 0.3) is 0 Å². The number of hydrogen-bond acceptors (Lipinski definition) is 7. The highest BCUT2D eigenvalue weighted by Gasteiger charge is 2.18. The van der Waals surface area contributed by atoms with Gasteiger partial charge in [-0.15, -0.1) is 11.3 Å². The number of hydrogen-bond donors (Lipinski definition) is 1. The molecule has 0 amide bonds. The number of aliphatic carboxylic acids is 1. The van der Waals surface area contributed by atoms with Crippen molar-refractivity contribution in [1.29, 1.82) is 0 Å². The largest absolute Gasteiger partial charge is 0.497 e. The van der Waals surface area contributed by atoms with Crippen molar-refractivity contribution in [2.45, 2.75) is 16.7 Å². The second kappa shape index (κ2) is 9.91. The third-order valence-electron chi connectivity index (χ3n) is 3.68. The van der Waals surface area contributed by atoms with Crippen molar-refractivity contribution < 1.29 is 19.5 Å². The molecule has 28 heavy (non-hydrogen) atoms. The van der Waals surface area contributed by atoms with Crippen molar-refractivity contribution in [2.75, 3.05) is 7.11 Å². The summed E-state index contributed by atoms with van der Waals surface area (Å²) in [7, 11) is 1.63. The van der Waals surface area contributed by atoms with Crippen LogP contribution >= 0.6 is 23.1 Å². The van der Waals surface area contributed by atoms with Gasteiger partial charge in [-0.1, -0.05) is 59.4 Å². The SMILES string of the molecule is COc1ccc(CSc2nc(/C(=N/OCc3ccccc3)C(=O)O)cs2)cc1. The Bertz CT molecular complexity index is 940. The van der Waals surface area contributed by atoms with Gasteiger partial charge in [0.1, 0.15) is 18.1 Å². The molecule has 3 aromatic rings. The summed E-state index contributed by atoms with van der Waals surface area (Å²) < 4.78 is 5.91.